The van der Waals surface area contributed by atoms with E-state index in [1.165, 1.54) is 25.9 Å². The number of ether oxygens (including phenoxy) is 2. The molecule has 3 aromatic rings. The largest absolute Gasteiger partial charge is 0.493 e. The van der Waals surface area contributed by atoms with Gasteiger partial charge in [-0.2, -0.15) is 5.10 Å². The summed E-state index contributed by atoms with van der Waals surface area (Å²) in [5.74, 6) is 1.94. The summed E-state index contributed by atoms with van der Waals surface area (Å²) in [6.45, 7) is 4.15. The fourth-order valence-electron chi connectivity index (χ4n) is 3.61. The number of aromatic nitrogens is 4. The lowest BCUT2D eigenvalue weighted by Gasteiger charge is -2.16. The molecule has 3 heterocycles. The summed E-state index contributed by atoms with van der Waals surface area (Å²) in [4.78, 5) is 11.4. The van der Waals surface area contributed by atoms with Crippen molar-refractivity contribution in [2.45, 2.75) is 19.3 Å². The van der Waals surface area contributed by atoms with Crippen molar-refractivity contribution in [1.29, 1.82) is 0 Å². The van der Waals surface area contributed by atoms with E-state index in [-0.39, 0.29) is 0 Å². The SMILES string of the molecule is COc1ccc(Nc2nccc(-c3cnn(C)c3)n2)cc1OCCCN1CCCC1. The second-order valence-electron chi connectivity index (χ2n) is 7.41. The third-order valence-electron chi connectivity index (χ3n) is 5.15. The fourth-order valence-corrected chi connectivity index (χ4v) is 3.61. The quantitative estimate of drug-likeness (QED) is 0.543. The van der Waals surface area contributed by atoms with Crippen LogP contribution >= 0.6 is 0 Å². The van der Waals surface area contributed by atoms with Crippen molar-refractivity contribution in [2.75, 3.05) is 38.7 Å². The first-order valence-corrected chi connectivity index (χ1v) is 10.3. The van der Waals surface area contributed by atoms with Crippen LogP contribution in [0.5, 0.6) is 11.5 Å². The number of benzene rings is 1. The van der Waals surface area contributed by atoms with Crippen molar-refractivity contribution >= 4 is 11.6 Å². The standard InChI is InChI=1S/C22H28N6O2/c1-27-16-17(15-24-27)19-8-9-23-22(26-19)25-18-6-7-20(29-2)21(14-18)30-13-5-12-28-10-3-4-11-28/h6-9,14-16H,3-5,10-13H2,1-2H3,(H,23,25,26). The van der Waals surface area contributed by atoms with E-state index in [1.807, 2.05) is 37.5 Å². The third-order valence-corrected chi connectivity index (χ3v) is 5.15. The van der Waals surface area contributed by atoms with E-state index in [2.05, 4.69) is 25.3 Å². The molecule has 1 saturated heterocycles. The second kappa shape index (κ2) is 9.58. The molecule has 0 radical (unpaired) electrons. The first kappa shape index (κ1) is 20.2. The van der Waals surface area contributed by atoms with Crippen molar-refractivity contribution in [3.63, 3.8) is 0 Å². The molecule has 158 valence electrons. The number of methoxy groups -OCH3 is 1. The van der Waals surface area contributed by atoms with Crippen molar-refractivity contribution in [2.24, 2.45) is 7.05 Å². The number of nitrogens with zero attached hydrogens (tertiary/aromatic N) is 5. The van der Waals surface area contributed by atoms with Crippen LogP contribution in [0.4, 0.5) is 11.6 Å². The normalized spacial score (nSPS) is 14.1. The smallest absolute Gasteiger partial charge is 0.227 e. The number of rotatable bonds is 9. The first-order valence-electron chi connectivity index (χ1n) is 10.3. The highest BCUT2D eigenvalue weighted by Crippen LogP contribution is 2.31. The number of nitrogens with one attached hydrogen (secondary N) is 1. The molecule has 0 unspecified atom stereocenters. The lowest BCUT2D eigenvalue weighted by molar-refractivity contribution is 0.254. The lowest BCUT2D eigenvalue weighted by atomic mass is 10.2. The maximum atomic E-state index is 6.02. The highest BCUT2D eigenvalue weighted by atomic mass is 16.5. The molecule has 0 saturated carbocycles. The van der Waals surface area contributed by atoms with Crippen LogP contribution in [0.3, 0.4) is 0 Å². The van der Waals surface area contributed by atoms with E-state index in [1.54, 1.807) is 24.2 Å². The molecule has 0 atom stereocenters. The van der Waals surface area contributed by atoms with Crippen molar-refractivity contribution in [3.8, 4) is 22.8 Å². The number of hydrogen-bond acceptors (Lipinski definition) is 7. The summed E-state index contributed by atoms with van der Waals surface area (Å²) in [6.07, 6.45) is 9.06. The van der Waals surface area contributed by atoms with Gasteiger partial charge in [0.2, 0.25) is 5.95 Å². The van der Waals surface area contributed by atoms with E-state index in [4.69, 9.17) is 9.47 Å². The summed E-state index contributed by atoms with van der Waals surface area (Å²) < 4.78 is 13.2. The molecule has 8 nitrogen and oxygen atoms in total. The van der Waals surface area contributed by atoms with Gasteiger partial charge in [0.1, 0.15) is 0 Å². The van der Waals surface area contributed by atoms with Crippen molar-refractivity contribution in [3.05, 3.63) is 42.9 Å². The van der Waals surface area contributed by atoms with Gasteiger partial charge in [0, 0.05) is 43.3 Å². The third kappa shape index (κ3) is 5.07. The predicted molar refractivity (Wildman–Crippen MR) is 116 cm³/mol. The van der Waals surface area contributed by atoms with E-state index in [9.17, 15) is 0 Å². The molecule has 30 heavy (non-hydrogen) atoms. The summed E-state index contributed by atoms with van der Waals surface area (Å²) in [6, 6.07) is 7.61. The van der Waals surface area contributed by atoms with Crippen LogP contribution in [-0.2, 0) is 7.05 Å². The Morgan fingerprint density at radius 2 is 2.00 bits per heavy atom. The van der Waals surface area contributed by atoms with Gasteiger partial charge in [-0.1, -0.05) is 0 Å². The Morgan fingerprint density at radius 1 is 1.13 bits per heavy atom. The van der Waals surface area contributed by atoms with Crippen LogP contribution in [0.15, 0.2) is 42.9 Å². The molecule has 0 spiro atoms. The van der Waals surface area contributed by atoms with E-state index in [0.29, 0.717) is 24.1 Å². The van der Waals surface area contributed by atoms with Crippen molar-refractivity contribution < 1.29 is 9.47 Å². The maximum absolute atomic E-state index is 6.02. The minimum Gasteiger partial charge on any atom is -0.493 e. The predicted octanol–water partition coefficient (Wildman–Crippen LogP) is 3.49. The van der Waals surface area contributed by atoms with Gasteiger partial charge < -0.3 is 19.7 Å². The summed E-state index contributed by atoms with van der Waals surface area (Å²) >= 11 is 0. The molecular weight excluding hydrogens is 380 g/mol. The van der Waals surface area contributed by atoms with Crippen LogP contribution in [0, 0.1) is 0 Å². The van der Waals surface area contributed by atoms with Gasteiger partial charge in [-0.3, -0.25) is 4.68 Å². The molecule has 0 bridgehead atoms. The maximum Gasteiger partial charge on any atom is 0.227 e. The minimum atomic E-state index is 0.515. The molecular formula is C22H28N6O2. The van der Waals surface area contributed by atoms with Gasteiger partial charge in [-0.25, -0.2) is 9.97 Å². The van der Waals surface area contributed by atoms with Crippen LogP contribution in [0.1, 0.15) is 19.3 Å². The molecule has 1 N–H and O–H groups in total. The van der Waals surface area contributed by atoms with Crippen LogP contribution in [0.2, 0.25) is 0 Å². The molecule has 2 aromatic heterocycles. The highest BCUT2D eigenvalue weighted by molar-refractivity contribution is 5.62. The zero-order chi connectivity index (χ0) is 20.8. The van der Waals surface area contributed by atoms with Crippen LogP contribution in [0.25, 0.3) is 11.3 Å². The second-order valence-corrected chi connectivity index (χ2v) is 7.41. The Balaban J connectivity index is 1.41. The summed E-state index contributed by atoms with van der Waals surface area (Å²) in [5.41, 5.74) is 2.60. The Morgan fingerprint density at radius 3 is 2.77 bits per heavy atom. The Kier molecular flexibility index (Phi) is 6.44. The fraction of sp³-hybridized carbons (Fsp3) is 0.409. The Labute approximate surface area is 176 Å². The summed E-state index contributed by atoms with van der Waals surface area (Å²) in [5, 5.41) is 7.45. The van der Waals surface area contributed by atoms with Gasteiger partial charge >= 0.3 is 0 Å². The molecule has 0 aliphatic carbocycles. The molecule has 1 aliphatic heterocycles. The average Bonchev–Trinajstić information content (AvgIpc) is 3.43. The number of aryl methyl sites for hydroxylation is 1. The van der Waals surface area contributed by atoms with Gasteiger partial charge in [-0.05, 0) is 50.6 Å². The van der Waals surface area contributed by atoms with Crippen LogP contribution in [-0.4, -0.2) is 58.0 Å². The monoisotopic (exact) mass is 408 g/mol. The van der Waals surface area contributed by atoms with E-state index < -0.39 is 0 Å². The van der Waals surface area contributed by atoms with Gasteiger partial charge in [0.05, 0.1) is 25.6 Å². The molecule has 8 heteroatoms. The zero-order valence-corrected chi connectivity index (χ0v) is 17.5. The van der Waals surface area contributed by atoms with Gasteiger partial charge in [0.25, 0.3) is 0 Å². The van der Waals surface area contributed by atoms with E-state index >= 15 is 0 Å². The number of hydrogen-bond donors (Lipinski definition) is 1. The van der Waals surface area contributed by atoms with E-state index in [0.717, 1.165) is 29.9 Å². The minimum absolute atomic E-state index is 0.515. The molecule has 1 fully saturated rings. The van der Waals surface area contributed by atoms with Gasteiger partial charge in [0.15, 0.2) is 11.5 Å². The molecule has 4 rings (SSSR count). The van der Waals surface area contributed by atoms with Crippen LogP contribution < -0.4 is 14.8 Å². The van der Waals surface area contributed by atoms with Crippen molar-refractivity contribution in [1.82, 2.24) is 24.6 Å². The molecule has 0 amide bonds. The lowest BCUT2D eigenvalue weighted by Crippen LogP contribution is -2.21. The highest BCUT2D eigenvalue weighted by Gasteiger charge is 2.12. The Hall–Kier alpha value is -3.13. The Bertz CT molecular complexity index is 968. The van der Waals surface area contributed by atoms with Gasteiger partial charge in [-0.15, -0.1) is 0 Å². The topological polar surface area (TPSA) is 77.3 Å². The zero-order valence-electron chi connectivity index (χ0n) is 17.5. The molecule has 1 aromatic carbocycles. The number of likely N-dealkylation sites (tertiary alicyclic amines) is 1. The molecule has 1 aliphatic rings. The number of anilines is 2. The first-order chi connectivity index (χ1) is 14.7. The summed E-state index contributed by atoms with van der Waals surface area (Å²) in [7, 11) is 3.54. The average molecular weight is 409 g/mol.